The Labute approximate surface area is 143 Å². The van der Waals surface area contributed by atoms with Crippen LogP contribution in [0.2, 0.25) is 0 Å². The Hall–Kier alpha value is -2.14. The molecular weight excluding hydrogens is 322 g/mol. The van der Waals surface area contributed by atoms with E-state index in [2.05, 4.69) is 5.32 Å². The van der Waals surface area contributed by atoms with Crippen molar-refractivity contribution in [3.63, 3.8) is 0 Å². The van der Waals surface area contributed by atoms with Crippen LogP contribution in [0.25, 0.3) is 0 Å². The van der Waals surface area contributed by atoms with Gasteiger partial charge in [0, 0.05) is 11.8 Å². The van der Waals surface area contributed by atoms with E-state index in [1.54, 1.807) is 24.3 Å². The molecule has 128 valence electrons. The van der Waals surface area contributed by atoms with Gasteiger partial charge in [-0.3, -0.25) is 4.79 Å². The first-order valence-corrected chi connectivity index (χ1v) is 9.79. The SMILES string of the molecule is CCC(NC(=O)c1cc(C)ccc1C)c1ccc(S(C)(=O)=O)cc1. The maximum absolute atomic E-state index is 12.6. The molecule has 0 aromatic heterocycles. The normalized spacial score (nSPS) is 12.7. The number of amides is 1. The molecule has 2 aromatic rings. The highest BCUT2D eigenvalue weighted by atomic mass is 32.2. The van der Waals surface area contributed by atoms with Crippen molar-refractivity contribution >= 4 is 15.7 Å². The summed E-state index contributed by atoms with van der Waals surface area (Å²) in [6, 6.07) is 12.3. The van der Waals surface area contributed by atoms with Crippen LogP contribution in [-0.4, -0.2) is 20.6 Å². The summed E-state index contributed by atoms with van der Waals surface area (Å²) in [5, 5.41) is 3.04. The Kier molecular flexibility index (Phi) is 5.44. The van der Waals surface area contributed by atoms with Crippen LogP contribution in [0.15, 0.2) is 47.4 Å². The van der Waals surface area contributed by atoms with Crippen molar-refractivity contribution in [3.8, 4) is 0 Å². The van der Waals surface area contributed by atoms with Gasteiger partial charge in [0.25, 0.3) is 5.91 Å². The fraction of sp³-hybridized carbons (Fsp3) is 0.316. The summed E-state index contributed by atoms with van der Waals surface area (Å²) in [4.78, 5) is 12.9. The molecule has 0 saturated carbocycles. The van der Waals surface area contributed by atoms with E-state index in [1.807, 2.05) is 39.0 Å². The molecule has 1 amide bonds. The summed E-state index contributed by atoms with van der Waals surface area (Å²) >= 11 is 0. The highest BCUT2D eigenvalue weighted by Crippen LogP contribution is 2.20. The smallest absolute Gasteiger partial charge is 0.252 e. The minimum atomic E-state index is -3.22. The highest BCUT2D eigenvalue weighted by Gasteiger charge is 2.16. The lowest BCUT2D eigenvalue weighted by molar-refractivity contribution is 0.0935. The van der Waals surface area contributed by atoms with Crippen molar-refractivity contribution < 1.29 is 13.2 Å². The van der Waals surface area contributed by atoms with Gasteiger partial charge in [-0.25, -0.2) is 8.42 Å². The van der Waals surface area contributed by atoms with E-state index >= 15 is 0 Å². The van der Waals surface area contributed by atoms with Crippen LogP contribution >= 0.6 is 0 Å². The quantitative estimate of drug-likeness (QED) is 0.901. The topological polar surface area (TPSA) is 63.2 Å². The monoisotopic (exact) mass is 345 g/mol. The number of sulfone groups is 1. The molecule has 0 aliphatic rings. The van der Waals surface area contributed by atoms with E-state index < -0.39 is 9.84 Å². The van der Waals surface area contributed by atoms with Gasteiger partial charge in [-0.2, -0.15) is 0 Å². The molecule has 0 bridgehead atoms. The molecule has 2 aromatic carbocycles. The van der Waals surface area contributed by atoms with Gasteiger partial charge < -0.3 is 5.32 Å². The van der Waals surface area contributed by atoms with E-state index in [0.29, 0.717) is 5.56 Å². The van der Waals surface area contributed by atoms with Gasteiger partial charge in [-0.15, -0.1) is 0 Å². The number of carbonyl (C=O) groups excluding carboxylic acids is 1. The van der Waals surface area contributed by atoms with Crippen LogP contribution < -0.4 is 5.32 Å². The largest absolute Gasteiger partial charge is 0.345 e. The summed E-state index contributed by atoms with van der Waals surface area (Å²) in [6.07, 6.45) is 1.90. The molecule has 0 heterocycles. The predicted octanol–water partition coefficient (Wildman–Crippen LogP) is 3.59. The Bertz CT molecular complexity index is 839. The zero-order chi connectivity index (χ0) is 17.9. The molecule has 1 unspecified atom stereocenters. The fourth-order valence-electron chi connectivity index (χ4n) is 2.58. The number of hydrogen-bond donors (Lipinski definition) is 1. The van der Waals surface area contributed by atoms with Crippen molar-refractivity contribution in [2.75, 3.05) is 6.26 Å². The van der Waals surface area contributed by atoms with Gasteiger partial charge >= 0.3 is 0 Å². The average Bonchev–Trinajstić information content (AvgIpc) is 2.54. The fourth-order valence-corrected chi connectivity index (χ4v) is 3.22. The molecule has 0 saturated heterocycles. The van der Waals surface area contributed by atoms with Crippen LogP contribution in [0, 0.1) is 13.8 Å². The number of hydrogen-bond acceptors (Lipinski definition) is 3. The summed E-state index contributed by atoms with van der Waals surface area (Å²) < 4.78 is 23.1. The van der Waals surface area contributed by atoms with Crippen molar-refractivity contribution in [3.05, 3.63) is 64.7 Å². The lowest BCUT2D eigenvalue weighted by atomic mass is 10.0. The van der Waals surface area contributed by atoms with E-state index in [9.17, 15) is 13.2 Å². The zero-order valence-electron chi connectivity index (χ0n) is 14.5. The van der Waals surface area contributed by atoms with Crippen molar-refractivity contribution in [1.82, 2.24) is 5.32 Å². The molecule has 0 radical (unpaired) electrons. The lowest BCUT2D eigenvalue weighted by Gasteiger charge is -2.19. The molecule has 1 atom stereocenters. The molecular formula is C19H23NO3S. The number of carbonyl (C=O) groups is 1. The average molecular weight is 345 g/mol. The summed E-state index contributed by atoms with van der Waals surface area (Å²) in [5.74, 6) is -0.116. The van der Waals surface area contributed by atoms with Gasteiger partial charge in [0.2, 0.25) is 0 Å². The Balaban J connectivity index is 2.23. The molecule has 5 heteroatoms. The lowest BCUT2D eigenvalue weighted by Crippen LogP contribution is -2.28. The second-order valence-corrected chi connectivity index (χ2v) is 8.11. The van der Waals surface area contributed by atoms with Crippen molar-refractivity contribution in [2.24, 2.45) is 0 Å². The molecule has 4 nitrogen and oxygen atoms in total. The number of benzene rings is 2. The summed E-state index contributed by atoms with van der Waals surface area (Å²) in [6.45, 7) is 5.85. The van der Waals surface area contributed by atoms with Crippen LogP contribution in [0.4, 0.5) is 0 Å². The predicted molar refractivity (Wildman–Crippen MR) is 96.0 cm³/mol. The molecule has 0 spiro atoms. The third kappa shape index (κ3) is 4.23. The van der Waals surface area contributed by atoms with Crippen LogP contribution in [0.3, 0.4) is 0 Å². The van der Waals surface area contributed by atoms with E-state index in [-0.39, 0.29) is 16.8 Å². The van der Waals surface area contributed by atoms with Crippen molar-refractivity contribution in [1.29, 1.82) is 0 Å². The van der Waals surface area contributed by atoms with E-state index in [0.717, 1.165) is 23.1 Å². The minimum Gasteiger partial charge on any atom is -0.345 e. The summed E-state index contributed by atoms with van der Waals surface area (Å²) in [5.41, 5.74) is 3.53. The second kappa shape index (κ2) is 7.18. The molecule has 0 aliphatic carbocycles. The van der Waals surface area contributed by atoms with Crippen LogP contribution in [0.1, 0.15) is 46.4 Å². The van der Waals surface area contributed by atoms with Crippen LogP contribution in [-0.2, 0) is 9.84 Å². The third-order valence-electron chi connectivity index (χ3n) is 4.06. The molecule has 2 rings (SSSR count). The van der Waals surface area contributed by atoms with Gasteiger partial charge in [0.05, 0.1) is 10.9 Å². The molecule has 0 fully saturated rings. The first-order chi connectivity index (χ1) is 11.2. The van der Waals surface area contributed by atoms with Gasteiger partial charge in [-0.1, -0.05) is 36.8 Å². The zero-order valence-corrected chi connectivity index (χ0v) is 15.3. The minimum absolute atomic E-state index is 0.116. The Morgan fingerprint density at radius 3 is 2.25 bits per heavy atom. The van der Waals surface area contributed by atoms with E-state index in [4.69, 9.17) is 0 Å². The first-order valence-electron chi connectivity index (χ1n) is 7.90. The van der Waals surface area contributed by atoms with Gasteiger partial charge in [0.1, 0.15) is 0 Å². The van der Waals surface area contributed by atoms with Crippen molar-refractivity contribution in [2.45, 2.75) is 38.1 Å². The molecule has 24 heavy (non-hydrogen) atoms. The Morgan fingerprint density at radius 1 is 1.08 bits per heavy atom. The van der Waals surface area contributed by atoms with Gasteiger partial charge in [0.15, 0.2) is 9.84 Å². The number of nitrogens with one attached hydrogen (secondary N) is 1. The number of rotatable bonds is 5. The van der Waals surface area contributed by atoms with Gasteiger partial charge in [-0.05, 0) is 49.6 Å². The second-order valence-electron chi connectivity index (χ2n) is 6.09. The summed E-state index contributed by atoms with van der Waals surface area (Å²) in [7, 11) is -3.22. The third-order valence-corrected chi connectivity index (χ3v) is 5.19. The Morgan fingerprint density at radius 2 is 1.71 bits per heavy atom. The van der Waals surface area contributed by atoms with Crippen LogP contribution in [0.5, 0.6) is 0 Å². The standard InChI is InChI=1S/C19H23NO3S/c1-5-18(15-8-10-16(11-9-15)24(4,22)23)20-19(21)17-12-13(2)6-7-14(17)3/h6-12,18H,5H2,1-4H3,(H,20,21). The molecule has 1 N–H and O–H groups in total. The van der Waals surface area contributed by atoms with E-state index in [1.165, 1.54) is 6.26 Å². The number of aryl methyl sites for hydroxylation is 2. The maximum Gasteiger partial charge on any atom is 0.252 e. The first kappa shape index (κ1) is 18.2. The molecule has 0 aliphatic heterocycles. The highest BCUT2D eigenvalue weighted by molar-refractivity contribution is 7.90. The maximum atomic E-state index is 12.6.